The normalized spacial score (nSPS) is 15.0. The molecule has 0 aliphatic carbocycles. The van der Waals surface area contributed by atoms with Crippen LogP contribution in [0.1, 0.15) is 46.0 Å². The minimum Gasteiger partial charge on any atom is -0.396 e. The number of aliphatic hydroxyl groups is 1. The first-order valence-electron chi connectivity index (χ1n) is 6.49. The third-order valence-electron chi connectivity index (χ3n) is 3.24. The van der Waals surface area contributed by atoms with E-state index in [1.807, 2.05) is 11.8 Å². The number of aliphatic hydroxyl groups excluding tert-OH is 1. The lowest BCUT2D eigenvalue weighted by molar-refractivity contribution is 0.135. The van der Waals surface area contributed by atoms with E-state index >= 15 is 0 Å². The van der Waals surface area contributed by atoms with Crippen LogP contribution in [-0.2, 0) is 0 Å². The van der Waals surface area contributed by atoms with Crippen molar-refractivity contribution in [3.8, 4) is 0 Å². The van der Waals surface area contributed by atoms with E-state index in [1.165, 1.54) is 31.4 Å². The molecule has 0 rings (SSSR count). The Bertz CT molecular complexity index is 149. The molecule has 0 aliphatic rings. The monoisotopic (exact) mass is 247 g/mol. The van der Waals surface area contributed by atoms with Crippen molar-refractivity contribution in [2.24, 2.45) is 5.41 Å². The summed E-state index contributed by atoms with van der Waals surface area (Å²) < 4.78 is 0. The second-order valence-corrected chi connectivity index (χ2v) is 5.89. The summed E-state index contributed by atoms with van der Waals surface area (Å²) in [5, 5.41) is 12.7. The highest BCUT2D eigenvalue weighted by molar-refractivity contribution is 7.98. The van der Waals surface area contributed by atoms with Gasteiger partial charge in [-0.15, -0.1) is 0 Å². The van der Waals surface area contributed by atoms with Gasteiger partial charge in [0.2, 0.25) is 0 Å². The number of rotatable bonds is 11. The van der Waals surface area contributed by atoms with E-state index in [-0.39, 0.29) is 12.0 Å². The molecule has 0 saturated carbocycles. The Morgan fingerprint density at radius 1 is 1.19 bits per heavy atom. The fourth-order valence-electron chi connectivity index (χ4n) is 1.53. The summed E-state index contributed by atoms with van der Waals surface area (Å²) in [6.45, 7) is 6.59. The minimum absolute atomic E-state index is 0.0683. The summed E-state index contributed by atoms with van der Waals surface area (Å²) in [5.41, 5.74) is 0.0683. The Morgan fingerprint density at radius 2 is 1.88 bits per heavy atom. The largest absolute Gasteiger partial charge is 0.396 e. The summed E-state index contributed by atoms with van der Waals surface area (Å²) in [4.78, 5) is 0. The van der Waals surface area contributed by atoms with Gasteiger partial charge in [-0.25, -0.2) is 0 Å². The van der Waals surface area contributed by atoms with Crippen LogP contribution >= 0.6 is 11.8 Å². The van der Waals surface area contributed by atoms with Crippen molar-refractivity contribution >= 4 is 11.8 Å². The van der Waals surface area contributed by atoms with E-state index in [2.05, 4.69) is 25.4 Å². The van der Waals surface area contributed by atoms with Crippen LogP contribution in [0.2, 0.25) is 0 Å². The van der Waals surface area contributed by atoms with Crippen LogP contribution in [0.15, 0.2) is 0 Å². The first-order chi connectivity index (χ1) is 7.68. The fourth-order valence-corrected chi connectivity index (χ4v) is 2.03. The number of hydrogen-bond acceptors (Lipinski definition) is 3. The summed E-state index contributed by atoms with van der Waals surface area (Å²) in [6.07, 6.45) is 8.50. The van der Waals surface area contributed by atoms with Crippen LogP contribution in [0, 0.1) is 5.41 Å². The Labute approximate surface area is 106 Å². The molecule has 0 spiro atoms. The van der Waals surface area contributed by atoms with Gasteiger partial charge in [0.05, 0.1) is 0 Å². The van der Waals surface area contributed by atoms with Crippen molar-refractivity contribution in [1.29, 1.82) is 0 Å². The molecular formula is C13H29NOS. The lowest BCUT2D eigenvalue weighted by Crippen LogP contribution is -2.34. The molecule has 0 aliphatic heterocycles. The summed E-state index contributed by atoms with van der Waals surface area (Å²) in [6, 6.07) is 0. The van der Waals surface area contributed by atoms with Crippen molar-refractivity contribution in [1.82, 2.24) is 5.32 Å². The molecule has 98 valence electrons. The zero-order valence-corrected chi connectivity index (χ0v) is 12.0. The number of hydrogen-bond donors (Lipinski definition) is 2. The van der Waals surface area contributed by atoms with Crippen LogP contribution < -0.4 is 5.32 Å². The Morgan fingerprint density at radius 3 is 2.44 bits per heavy atom. The Balaban J connectivity index is 3.26. The minimum atomic E-state index is 0.0683. The quantitative estimate of drug-likeness (QED) is 0.551. The van der Waals surface area contributed by atoms with Crippen LogP contribution in [0.25, 0.3) is 0 Å². The third kappa shape index (κ3) is 8.43. The van der Waals surface area contributed by atoms with Crippen LogP contribution in [0.3, 0.4) is 0 Å². The molecular weight excluding hydrogens is 218 g/mol. The fraction of sp³-hybridized carbons (Fsp3) is 1.00. The predicted octanol–water partition coefficient (Wildman–Crippen LogP) is 2.91. The SMILES string of the molecule is CCC(C)(CO)CNCCCCCCSC. The van der Waals surface area contributed by atoms with Crippen molar-refractivity contribution in [3.63, 3.8) is 0 Å². The van der Waals surface area contributed by atoms with Gasteiger partial charge in [-0.3, -0.25) is 0 Å². The van der Waals surface area contributed by atoms with Gasteiger partial charge in [0.15, 0.2) is 0 Å². The molecule has 0 aromatic rings. The van der Waals surface area contributed by atoms with Gasteiger partial charge in [-0.05, 0) is 37.8 Å². The summed E-state index contributed by atoms with van der Waals surface area (Å²) in [7, 11) is 0. The Kier molecular flexibility index (Phi) is 10.6. The van der Waals surface area contributed by atoms with E-state index in [4.69, 9.17) is 0 Å². The first kappa shape index (κ1) is 16.3. The third-order valence-corrected chi connectivity index (χ3v) is 3.94. The highest BCUT2D eigenvalue weighted by Gasteiger charge is 2.19. The predicted molar refractivity (Wildman–Crippen MR) is 75.2 cm³/mol. The van der Waals surface area contributed by atoms with Gasteiger partial charge < -0.3 is 10.4 Å². The van der Waals surface area contributed by atoms with E-state index in [0.29, 0.717) is 0 Å². The lowest BCUT2D eigenvalue weighted by atomic mass is 9.88. The first-order valence-corrected chi connectivity index (χ1v) is 7.88. The molecule has 2 N–H and O–H groups in total. The van der Waals surface area contributed by atoms with Crippen molar-refractivity contribution in [3.05, 3.63) is 0 Å². The van der Waals surface area contributed by atoms with Gasteiger partial charge >= 0.3 is 0 Å². The lowest BCUT2D eigenvalue weighted by Gasteiger charge is -2.25. The Hall–Kier alpha value is 0.270. The van der Waals surface area contributed by atoms with Crippen molar-refractivity contribution in [2.45, 2.75) is 46.0 Å². The van der Waals surface area contributed by atoms with Crippen LogP contribution in [0.5, 0.6) is 0 Å². The number of thioether (sulfide) groups is 1. The average molecular weight is 247 g/mol. The summed E-state index contributed by atoms with van der Waals surface area (Å²) in [5.74, 6) is 1.30. The van der Waals surface area contributed by atoms with Crippen molar-refractivity contribution in [2.75, 3.05) is 31.7 Å². The molecule has 16 heavy (non-hydrogen) atoms. The molecule has 0 heterocycles. The maximum absolute atomic E-state index is 9.24. The van der Waals surface area contributed by atoms with Gasteiger partial charge in [-0.2, -0.15) is 11.8 Å². The zero-order valence-electron chi connectivity index (χ0n) is 11.2. The van der Waals surface area contributed by atoms with Gasteiger partial charge in [0.25, 0.3) is 0 Å². The molecule has 0 aromatic heterocycles. The standard InChI is InChI=1S/C13H29NOS/c1-4-13(2,12-15)11-14-9-7-5-6-8-10-16-3/h14-15H,4-12H2,1-3H3. The highest BCUT2D eigenvalue weighted by atomic mass is 32.2. The average Bonchev–Trinajstić information content (AvgIpc) is 2.32. The zero-order chi connectivity index (χ0) is 12.3. The van der Waals surface area contributed by atoms with Gasteiger partial charge in [0, 0.05) is 18.6 Å². The topological polar surface area (TPSA) is 32.3 Å². The molecule has 0 aromatic carbocycles. The number of nitrogens with one attached hydrogen (secondary N) is 1. The van der Waals surface area contributed by atoms with Gasteiger partial charge in [0.1, 0.15) is 0 Å². The summed E-state index contributed by atoms with van der Waals surface area (Å²) >= 11 is 1.94. The van der Waals surface area contributed by atoms with Crippen LogP contribution in [0.4, 0.5) is 0 Å². The maximum Gasteiger partial charge on any atom is 0.0496 e. The highest BCUT2D eigenvalue weighted by Crippen LogP contribution is 2.18. The van der Waals surface area contributed by atoms with E-state index in [0.717, 1.165) is 19.5 Å². The molecule has 2 nitrogen and oxygen atoms in total. The molecule has 0 fully saturated rings. The second kappa shape index (κ2) is 10.4. The second-order valence-electron chi connectivity index (χ2n) is 4.91. The molecule has 0 bridgehead atoms. The van der Waals surface area contributed by atoms with E-state index in [1.54, 1.807) is 0 Å². The molecule has 0 radical (unpaired) electrons. The van der Waals surface area contributed by atoms with Crippen LogP contribution in [-0.4, -0.2) is 36.8 Å². The molecule has 0 amide bonds. The smallest absolute Gasteiger partial charge is 0.0496 e. The van der Waals surface area contributed by atoms with E-state index < -0.39 is 0 Å². The maximum atomic E-state index is 9.24. The molecule has 3 heteroatoms. The molecule has 1 unspecified atom stereocenters. The molecule has 1 atom stereocenters. The van der Waals surface area contributed by atoms with Crippen molar-refractivity contribution < 1.29 is 5.11 Å². The molecule has 0 saturated heterocycles. The number of unbranched alkanes of at least 4 members (excludes halogenated alkanes) is 3. The van der Waals surface area contributed by atoms with Gasteiger partial charge in [-0.1, -0.05) is 26.7 Å². The van der Waals surface area contributed by atoms with E-state index in [9.17, 15) is 5.11 Å².